The van der Waals surface area contributed by atoms with E-state index in [9.17, 15) is 18.8 Å². The molecular formula is C19H12FNO5S. The Morgan fingerprint density at radius 1 is 1.22 bits per heavy atom. The van der Waals surface area contributed by atoms with Gasteiger partial charge in [0, 0.05) is 15.6 Å². The van der Waals surface area contributed by atoms with Gasteiger partial charge in [0.25, 0.3) is 5.91 Å². The second-order valence-corrected chi connectivity index (χ2v) is 6.89. The molecule has 0 saturated heterocycles. The molecule has 3 aromatic rings. The van der Waals surface area contributed by atoms with Crippen LogP contribution in [0.3, 0.4) is 0 Å². The first-order valence-electron chi connectivity index (χ1n) is 7.96. The number of esters is 1. The number of thiophene rings is 1. The summed E-state index contributed by atoms with van der Waals surface area (Å²) in [5.41, 5.74) is 0.665. The molecule has 27 heavy (non-hydrogen) atoms. The highest BCUT2D eigenvalue weighted by Gasteiger charge is 2.19. The highest BCUT2D eigenvalue weighted by molar-refractivity contribution is 7.20. The number of Topliss-reactive ketones (excluding diaryl/α,β-unsaturated/α-hetero) is 1. The summed E-state index contributed by atoms with van der Waals surface area (Å²) in [4.78, 5) is 36.0. The number of rotatable bonds is 4. The molecule has 1 aliphatic heterocycles. The van der Waals surface area contributed by atoms with Crippen molar-refractivity contribution >= 4 is 44.8 Å². The van der Waals surface area contributed by atoms with Crippen molar-refractivity contribution < 1.29 is 28.2 Å². The van der Waals surface area contributed by atoms with Crippen LogP contribution in [0, 0.1) is 5.82 Å². The van der Waals surface area contributed by atoms with Crippen LogP contribution in [0.5, 0.6) is 5.75 Å². The first kappa shape index (κ1) is 17.2. The molecule has 2 aromatic carbocycles. The molecule has 0 aliphatic carbocycles. The van der Waals surface area contributed by atoms with E-state index in [1.54, 1.807) is 18.2 Å². The molecule has 0 atom stereocenters. The number of ether oxygens (including phenoxy) is 2. The molecular weight excluding hydrogens is 373 g/mol. The van der Waals surface area contributed by atoms with E-state index in [1.165, 1.54) is 24.3 Å². The van der Waals surface area contributed by atoms with Crippen LogP contribution in [-0.2, 0) is 9.53 Å². The zero-order valence-corrected chi connectivity index (χ0v) is 14.6. The van der Waals surface area contributed by atoms with Crippen molar-refractivity contribution in [1.82, 2.24) is 0 Å². The minimum atomic E-state index is -0.696. The van der Waals surface area contributed by atoms with Gasteiger partial charge in [-0.05, 0) is 36.4 Å². The van der Waals surface area contributed by atoms with Gasteiger partial charge in [-0.25, -0.2) is 9.18 Å². The molecule has 0 radical (unpaired) electrons. The fraction of sp³-hybridized carbons (Fsp3) is 0.105. The van der Waals surface area contributed by atoms with E-state index >= 15 is 0 Å². The largest absolute Gasteiger partial charge is 0.482 e. The van der Waals surface area contributed by atoms with Gasteiger partial charge in [0.05, 0.1) is 5.69 Å². The number of nitrogens with one attached hydrogen (secondary N) is 1. The molecule has 1 N–H and O–H groups in total. The van der Waals surface area contributed by atoms with Gasteiger partial charge in [0.1, 0.15) is 16.4 Å². The first-order valence-corrected chi connectivity index (χ1v) is 8.78. The third kappa shape index (κ3) is 3.39. The molecule has 0 fully saturated rings. The monoisotopic (exact) mass is 385 g/mol. The van der Waals surface area contributed by atoms with Crippen LogP contribution in [0.4, 0.5) is 10.1 Å². The van der Waals surface area contributed by atoms with Crippen LogP contribution in [0.25, 0.3) is 10.1 Å². The molecule has 1 amide bonds. The minimum Gasteiger partial charge on any atom is -0.482 e. The first-order chi connectivity index (χ1) is 13.0. The number of benzene rings is 2. The van der Waals surface area contributed by atoms with Crippen LogP contribution < -0.4 is 10.1 Å². The number of fused-ring (bicyclic) bond motifs is 2. The number of ketones is 1. The molecule has 2 heterocycles. The number of hydrogen-bond donors (Lipinski definition) is 1. The lowest BCUT2D eigenvalue weighted by atomic mass is 10.1. The number of amides is 1. The predicted molar refractivity (Wildman–Crippen MR) is 97.0 cm³/mol. The summed E-state index contributed by atoms with van der Waals surface area (Å²) in [6.45, 7) is -0.545. The van der Waals surface area contributed by atoms with Gasteiger partial charge in [-0.2, -0.15) is 0 Å². The Morgan fingerprint density at radius 2 is 2.07 bits per heavy atom. The fourth-order valence-corrected chi connectivity index (χ4v) is 3.64. The smallest absolute Gasteiger partial charge is 0.348 e. The number of carbonyl (C=O) groups is 3. The zero-order valence-electron chi connectivity index (χ0n) is 13.8. The Hall–Kier alpha value is -3.26. The Bertz CT molecular complexity index is 1090. The summed E-state index contributed by atoms with van der Waals surface area (Å²) >= 11 is 1.10. The fourth-order valence-electron chi connectivity index (χ4n) is 2.67. The van der Waals surface area contributed by atoms with Gasteiger partial charge in [-0.15, -0.1) is 11.3 Å². The van der Waals surface area contributed by atoms with Gasteiger partial charge in [0.15, 0.2) is 19.0 Å². The van der Waals surface area contributed by atoms with E-state index in [0.717, 1.165) is 11.3 Å². The topological polar surface area (TPSA) is 81.7 Å². The Balaban J connectivity index is 1.45. The second-order valence-electron chi connectivity index (χ2n) is 5.81. The predicted octanol–water partition coefficient (Wildman–Crippen LogP) is 3.41. The van der Waals surface area contributed by atoms with Crippen molar-refractivity contribution in [3.8, 4) is 5.75 Å². The molecule has 0 bridgehead atoms. The molecule has 6 nitrogen and oxygen atoms in total. The highest BCUT2D eigenvalue weighted by Crippen LogP contribution is 2.29. The molecule has 1 aliphatic rings. The third-order valence-corrected chi connectivity index (χ3v) is 5.06. The summed E-state index contributed by atoms with van der Waals surface area (Å²) in [6, 6.07) is 10.6. The van der Waals surface area contributed by atoms with Crippen molar-refractivity contribution in [2.45, 2.75) is 0 Å². The van der Waals surface area contributed by atoms with Gasteiger partial charge in [0.2, 0.25) is 0 Å². The van der Waals surface area contributed by atoms with Gasteiger partial charge >= 0.3 is 5.97 Å². The maximum absolute atomic E-state index is 13.7. The van der Waals surface area contributed by atoms with Gasteiger partial charge in [-0.3, -0.25) is 9.59 Å². The van der Waals surface area contributed by atoms with Crippen LogP contribution in [-0.4, -0.2) is 30.9 Å². The molecule has 136 valence electrons. The van der Waals surface area contributed by atoms with E-state index in [4.69, 9.17) is 9.47 Å². The number of hydrogen-bond acceptors (Lipinski definition) is 6. The molecule has 0 saturated carbocycles. The third-order valence-electron chi connectivity index (χ3n) is 3.98. The quantitative estimate of drug-likeness (QED) is 0.550. The minimum absolute atomic E-state index is 0.0757. The van der Waals surface area contributed by atoms with Crippen molar-refractivity contribution in [3.05, 3.63) is 58.7 Å². The average Bonchev–Trinajstić information content (AvgIpc) is 3.11. The highest BCUT2D eigenvalue weighted by atomic mass is 32.1. The maximum Gasteiger partial charge on any atom is 0.348 e. The Labute approximate surface area is 156 Å². The van der Waals surface area contributed by atoms with Crippen molar-refractivity contribution in [3.63, 3.8) is 0 Å². The Kier molecular flexibility index (Phi) is 4.33. The maximum atomic E-state index is 13.7. The van der Waals surface area contributed by atoms with E-state index < -0.39 is 24.2 Å². The molecule has 0 unspecified atom stereocenters. The normalized spacial score (nSPS) is 12.9. The summed E-state index contributed by atoms with van der Waals surface area (Å²) in [5, 5.41) is 2.95. The lowest BCUT2D eigenvalue weighted by molar-refractivity contribution is -0.118. The van der Waals surface area contributed by atoms with Crippen molar-refractivity contribution in [1.29, 1.82) is 0 Å². The van der Waals surface area contributed by atoms with Crippen LogP contribution in [0.15, 0.2) is 42.5 Å². The Morgan fingerprint density at radius 3 is 2.89 bits per heavy atom. The molecule has 1 aromatic heterocycles. The second kappa shape index (κ2) is 6.81. The number of carbonyl (C=O) groups excluding carboxylic acids is 3. The van der Waals surface area contributed by atoms with Crippen LogP contribution in [0.1, 0.15) is 20.0 Å². The van der Waals surface area contributed by atoms with E-state index in [0.29, 0.717) is 21.5 Å². The number of halogens is 1. The van der Waals surface area contributed by atoms with Gasteiger partial charge in [-0.1, -0.05) is 6.07 Å². The standard InChI is InChI=1S/C19H12FNO5S/c20-12-2-1-3-16-11(12)7-17(27-16)19(24)26-8-14(22)10-4-5-15-13(6-10)21-18(23)9-25-15/h1-7H,8-9H2,(H,21,23). The van der Waals surface area contributed by atoms with E-state index in [2.05, 4.69) is 5.32 Å². The van der Waals surface area contributed by atoms with E-state index in [-0.39, 0.29) is 23.0 Å². The zero-order chi connectivity index (χ0) is 19.0. The average molecular weight is 385 g/mol. The van der Waals surface area contributed by atoms with E-state index in [1.807, 2.05) is 0 Å². The molecule has 0 spiro atoms. The molecule has 8 heteroatoms. The van der Waals surface area contributed by atoms with Crippen molar-refractivity contribution in [2.75, 3.05) is 18.5 Å². The van der Waals surface area contributed by atoms with Crippen LogP contribution >= 0.6 is 11.3 Å². The lowest BCUT2D eigenvalue weighted by Crippen LogP contribution is -2.25. The summed E-state index contributed by atoms with van der Waals surface area (Å²) < 4.78 is 24.6. The van der Waals surface area contributed by atoms with Crippen LogP contribution in [0.2, 0.25) is 0 Å². The van der Waals surface area contributed by atoms with Gasteiger partial charge < -0.3 is 14.8 Å². The molecule has 4 rings (SSSR count). The van der Waals surface area contributed by atoms with Crippen molar-refractivity contribution in [2.24, 2.45) is 0 Å². The summed E-state index contributed by atoms with van der Waals surface area (Å²) in [5.74, 6) is -1.39. The lowest BCUT2D eigenvalue weighted by Gasteiger charge is -2.18. The summed E-state index contributed by atoms with van der Waals surface area (Å²) in [6.07, 6.45) is 0. The number of anilines is 1. The summed E-state index contributed by atoms with van der Waals surface area (Å²) in [7, 11) is 0. The SMILES string of the molecule is O=C1COc2ccc(C(=O)COC(=O)c3cc4c(F)cccc4s3)cc2N1.